The number of rotatable bonds is 4. The van der Waals surface area contributed by atoms with Gasteiger partial charge in [-0.2, -0.15) is 13.2 Å². The number of hydrogen-bond acceptors (Lipinski definition) is 2. The molecule has 0 heterocycles. The minimum absolute atomic E-state index is 0.0332. The smallest absolute Gasteiger partial charge is 0.379 e. The summed E-state index contributed by atoms with van der Waals surface area (Å²) in [6, 6.07) is 9.78. The first-order valence-electron chi connectivity index (χ1n) is 6.28. The zero-order valence-corrected chi connectivity index (χ0v) is 11.0. The van der Waals surface area contributed by atoms with Gasteiger partial charge in [0, 0.05) is 13.1 Å². The predicted octanol–water partition coefficient (Wildman–Crippen LogP) is 3.92. The lowest BCUT2D eigenvalue weighted by atomic mass is 10.1. The van der Waals surface area contributed by atoms with Gasteiger partial charge in [0.2, 0.25) is 0 Å². The van der Waals surface area contributed by atoms with Crippen LogP contribution in [0.15, 0.2) is 42.5 Å². The number of nitrogens with one attached hydrogen (secondary N) is 1. The van der Waals surface area contributed by atoms with Crippen molar-refractivity contribution >= 4 is 5.69 Å². The molecule has 0 unspecified atom stereocenters. The van der Waals surface area contributed by atoms with Crippen molar-refractivity contribution in [3.05, 3.63) is 65.0 Å². The third-order valence-electron chi connectivity index (χ3n) is 3.04. The highest BCUT2D eigenvalue weighted by atomic mass is 19.4. The van der Waals surface area contributed by atoms with E-state index in [0.29, 0.717) is 19.2 Å². The highest BCUT2D eigenvalue weighted by molar-refractivity contribution is 5.47. The molecule has 2 rings (SSSR count). The Hall–Kier alpha value is -2.08. The molecule has 0 atom stereocenters. The molecule has 3 N–H and O–H groups in total. The SMILES string of the molecule is NCc1ccc(CNc2ccc(C(F)(F)F)cc2F)cc1. The van der Waals surface area contributed by atoms with Gasteiger partial charge in [-0.15, -0.1) is 0 Å². The van der Waals surface area contributed by atoms with Crippen LogP contribution in [0.4, 0.5) is 23.2 Å². The number of hydrogen-bond donors (Lipinski definition) is 2. The largest absolute Gasteiger partial charge is 0.416 e. The molecule has 0 aliphatic carbocycles. The lowest BCUT2D eigenvalue weighted by molar-refractivity contribution is -0.137. The summed E-state index contributed by atoms with van der Waals surface area (Å²) in [4.78, 5) is 0. The van der Waals surface area contributed by atoms with Crippen molar-refractivity contribution in [2.24, 2.45) is 5.73 Å². The van der Waals surface area contributed by atoms with E-state index in [4.69, 9.17) is 5.73 Å². The molecule has 0 fully saturated rings. The van der Waals surface area contributed by atoms with Gasteiger partial charge in [0.25, 0.3) is 0 Å². The third-order valence-corrected chi connectivity index (χ3v) is 3.04. The Balaban J connectivity index is 2.06. The number of alkyl halides is 3. The maximum atomic E-state index is 13.6. The fourth-order valence-corrected chi connectivity index (χ4v) is 1.83. The van der Waals surface area contributed by atoms with Crippen LogP contribution in [-0.2, 0) is 19.3 Å². The van der Waals surface area contributed by atoms with E-state index in [0.717, 1.165) is 23.3 Å². The monoisotopic (exact) mass is 298 g/mol. The molecule has 6 heteroatoms. The third kappa shape index (κ3) is 3.95. The lowest BCUT2D eigenvalue weighted by Gasteiger charge is -2.11. The Labute approximate surface area is 119 Å². The minimum Gasteiger partial charge on any atom is -0.379 e. The van der Waals surface area contributed by atoms with Crippen LogP contribution in [0.3, 0.4) is 0 Å². The summed E-state index contributed by atoms with van der Waals surface area (Å²) in [5, 5.41) is 2.77. The predicted molar refractivity (Wildman–Crippen MR) is 73.1 cm³/mol. The van der Waals surface area contributed by atoms with Gasteiger partial charge in [-0.1, -0.05) is 24.3 Å². The van der Waals surface area contributed by atoms with E-state index in [9.17, 15) is 17.6 Å². The second-order valence-corrected chi connectivity index (χ2v) is 4.57. The highest BCUT2D eigenvalue weighted by Gasteiger charge is 2.31. The average Bonchev–Trinajstić information content (AvgIpc) is 2.45. The summed E-state index contributed by atoms with van der Waals surface area (Å²) < 4.78 is 50.9. The molecule has 0 aromatic heterocycles. The molecule has 0 amide bonds. The second-order valence-electron chi connectivity index (χ2n) is 4.57. The van der Waals surface area contributed by atoms with E-state index < -0.39 is 17.6 Å². The van der Waals surface area contributed by atoms with Gasteiger partial charge in [-0.05, 0) is 29.3 Å². The average molecular weight is 298 g/mol. The molecular formula is C15H14F4N2. The van der Waals surface area contributed by atoms with Crippen molar-refractivity contribution in [3.63, 3.8) is 0 Å². The Morgan fingerprint density at radius 2 is 1.57 bits per heavy atom. The molecule has 0 bridgehead atoms. The van der Waals surface area contributed by atoms with E-state index >= 15 is 0 Å². The van der Waals surface area contributed by atoms with Crippen LogP contribution >= 0.6 is 0 Å². The first kappa shape index (κ1) is 15.3. The van der Waals surface area contributed by atoms with E-state index in [2.05, 4.69) is 5.32 Å². The molecule has 112 valence electrons. The van der Waals surface area contributed by atoms with Crippen LogP contribution in [0.25, 0.3) is 0 Å². The van der Waals surface area contributed by atoms with Gasteiger partial charge in [0.05, 0.1) is 11.3 Å². The summed E-state index contributed by atoms with van der Waals surface area (Å²) in [5.74, 6) is -0.927. The number of anilines is 1. The van der Waals surface area contributed by atoms with Crippen molar-refractivity contribution in [1.82, 2.24) is 0 Å². The van der Waals surface area contributed by atoms with E-state index in [-0.39, 0.29) is 5.69 Å². The maximum absolute atomic E-state index is 13.6. The Kier molecular flexibility index (Phi) is 4.47. The normalized spacial score (nSPS) is 11.5. The Bertz CT molecular complexity index is 606. The molecule has 0 spiro atoms. The molecule has 0 aliphatic rings. The van der Waals surface area contributed by atoms with E-state index in [1.54, 1.807) is 0 Å². The van der Waals surface area contributed by atoms with Crippen LogP contribution in [0, 0.1) is 5.82 Å². The molecular weight excluding hydrogens is 284 g/mol. The second kappa shape index (κ2) is 6.13. The Morgan fingerprint density at radius 1 is 0.952 bits per heavy atom. The number of halogens is 4. The zero-order chi connectivity index (χ0) is 15.5. The molecule has 0 radical (unpaired) electrons. The number of benzene rings is 2. The van der Waals surface area contributed by atoms with E-state index in [1.807, 2.05) is 24.3 Å². The first-order chi connectivity index (χ1) is 9.90. The maximum Gasteiger partial charge on any atom is 0.416 e. The molecule has 0 saturated heterocycles. The van der Waals surface area contributed by atoms with E-state index in [1.165, 1.54) is 0 Å². The highest BCUT2D eigenvalue weighted by Crippen LogP contribution is 2.31. The Morgan fingerprint density at radius 3 is 2.10 bits per heavy atom. The summed E-state index contributed by atoms with van der Waals surface area (Å²) >= 11 is 0. The fourth-order valence-electron chi connectivity index (χ4n) is 1.83. The molecule has 0 saturated carbocycles. The summed E-state index contributed by atoms with van der Waals surface area (Å²) in [7, 11) is 0. The van der Waals surface area contributed by atoms with Crippen molar-refractivity contribution < 1.29 is 17.6 Å². The van der Waals surface area contributed by atoms with Crippen molar-refractivity contribution in [3.8, 4) is 0 Å². The van der Waals surface area contributed by atoms with Gasteiger partial charge >= 0.3 is 6.18 Å². The molecule has 2 aromatic rings. The molecule has 2 aromatic carbocycles. The quantitative estimate of drug-likeness (QED) is 0.840. The van der Waals surface area contributed by atoms with Gasteiger partial charge in [-0.25, -0.2) is 4.39 Å². The summed E-state index contributed by atoms with van der Waals surface area (Å²) in [6.07, 6.45) is -4.54. The summed E-state index contributed by atoms with van der Waals surface area (Å²) in [6.45, 7) is 0.744. The van der Waals surface area contributed by atoms with Crippen LogP contribution in [0.2, 0.25) is 0 Å². The van der Waals surface area contributed by atoms with Crippen molar-refractivity contribution in [1.29, 1.82) is 0 Å². The van der Waals surface area contributed by atoms with Crippen LogP contribution < -0.4 is 11.1 Å². The fraction of sp³-hybridized carbons (Fsp3) is 0.200. The topological polar surface area (TPSA) is 38.0 Å². The van der Waals surface area contributed by atoms with Gasteiger partial charge in [0.1, 0.15) is 5.82 Å². The van der Waals surface area contributed by atoms with Crippen LogP contribution in [-0.4, -0.2) is 0 Å². The van der Waals surface area contributed by atoms with Crippen molar-refractivity contribution in [2.75, 3.05) is 5.32 Å². The summed E-state index contributed by atoms with van der Waals surface area (Å²) in [5.41, 5.74) is 6.36. The number of nitrogens with two attached hydrogens (primary N) is 1. The van der Waals surface area contributed by atoms with Gasteiger partial charge in [0.15, 0.2) is 0 Å². The van der Waals surface area contributed by atoms with Gasteiger partial charge in [-0.3, -0.25) is 0 Å². The molecule has 0 aliphatic heterocycles. The molecule has 21 heavy (non-hydrogen) atoms. The minimum atomic E-state index is -4.54. The zero-order valence-electron chi connectivity index (χ0n) is 11.0. The lowest BCUT2D eigenvalue weighted by Crippen LogP contribution is -2.07. The first-order valence-corrected chi connectivity index (χ1v) is 6.28. The van der Waals surface area contributed by atoms with Crippen LogP contribution in [0.1, 0.15) is 16.7 Å². The van der Waals surface area contributed by atoms with Gasteiger partial charge < -0.3 is 11.1 Å². The van der Waals surface area contributed by atoms with Crippen molar-refractivity contribution in [2.45, 2.75) is 19.3 Å². The molecule has 2 nitrogen and oxygen atoms in total. The van der Waals surface area contributed by atoms with Crippen LogP contribution in [0.5, 0.6) is 0 Å². The standard InChI is InChI=1S/C15H14F4N2/c16-13-7-12(15(17,18)19)5-6-14(13)21-9-11-3-1-10(8-20)2-4-11/h1-7,21H,8-9,20H2.